The van der Waals surface area contributed by atoms with Crippen LogP contribution in [-0.2, 0) is 39.8 Å². The maximum absolute atomic E-state index is 12.6. The lowest BCUT2D eigenvalue weighted by molar-refractivity contribution is -0.145. The van der Waals surface area contributed by atoms with E-state index >= 15 is 0 Å². The Kier molecular flexibility index (Phi) is 5.75. The average molecular weight is 419 g/mol. The minimum Gasteiger partial charge on any atom is -0.467 e. The summed E-state index contributed by atoms with van der Waals surface area (Å²) in [4.78, 5) is 17.2. The number of benzene rings is 2. The van der Waals surface area contributed by atoms with Crippen molar-refractivity contribution < 1.29 is 19.0 Å². The van der Waals surface area contributed by atoms with Gasteiger partial charge in [0.25, 0.3) is 0 Å². The van der Waals surface area contributed by atoms with Gasteiger partial charge in [0.15, 0.2) is 6.79 Å². The second-order valence-electron chi connectivity index (χ2n) is 6.36. The van der Waals surface area contributed by atoms with Crippen molar-refractivity contribution in [3.05, 3.63) is 58.4 Å². The van der Waals surface area contributed by atoms with E-state index in [1.165, 1.54) is 0 Å². The average Bonchev–Trinajstić information content (AvgIpc) is 3.03. The molecule has 4 rings (SSSR count). The Morgan fingerprint density at radius 2 is 2.21 bits per heavy atom. The van der Waals surface area contributed by atoms with Gasteiger partial charge in [-0.15, -0.1) is 0 Å². The SMILES string of the molecule is CSCc1nc2ccccc2n1CC(=O)OCc1cc(Cl)cc2c1OCOC2. The normalized spacial score (nSPS) is 13.2. The summed E-state index contributed by atoms with van der Waals surface area (Å²) < 4.78 is 18.3. The summed E-state index contributed by atoms with van der Waals surface area (Å²) in [5.74, 6) is 1.91. The first-order valence-electron chi connectivity index (χ1n) is 8.76. The number of imidazole rings is 1. The highest BCUT2D eigenvalue weighted by Gasteiger charge is 2.19. The standard InChI is InChI=1S/C20H19ClN2O4S/c1-28-11-18-22-16-4-2-3-5-17(16)23(18)8-19(24)26-10-14-7-15(21)6-13-9-25-12-27-20(13)14/h2-7H,8-12H2,1H3. The Hall–Kier alpha value is -2.22. The first kappa shape index (κ1) is 19.1. The van der Waals surface area contributed by atoms with E-state index in [2.05, 4.69) is 4.98 Å². The number of ether oxygens (including phenoxy) is 3. The van der Waals surface area contributed by atoms with Crippen LogP contribution in [0.4, 0.5) is 0 Å². The number of thioether (sulfide) groups is 1. The van der Waals surface area contributed by atoms with E-state index in [9.17, 15) is 4.79 Å². The van der Waals surface area contributed by atoms with Gasteiger partial charge in [0, 0.05) is 16.1 Å². The molecule has 0 bridgehead atoms. The summed E-state index contributed by atoms with van der Waals surface area (Å²) >= 11 is 7.83. The lowest BCUT2D eigenvalue weighted by Gasteiger charge is -2.21. The molecule has 0 N–H and O–H groups in total. The van der Waals surface area contributed by atoms with Gasteiger partial charge < -0.3 is 18.8 Å². The zero-order chi connectivity index (χ0) is 19.5. The number of hydrogen-bond acceptors (Lipinski definition) is 6. The Morgan fingerprint density at radius 3 is 3.07 bits per heavy atom. The number of hydrogen-bond donors (Lipinski definition) is 0. The summed E-state index contributed by atoms with van der Waals surface area (Å²) in [6.45, 7) is 0.792. The highest BCUT2D eigenvalue weighted by molar-refractivity contribution is 7.97. The second-order valence-corrected chi connectivity index (χ2v) is 7.66. The quantitative estimate of drug-likeness (QED) is 0.560. The van der Waals surface area contributed by atoms with E-state index < -0.39 is 0 Å². The van der Waals surface area contributed by atoms with Gasteiger partial charge in [-0.3, -0.25) is 4.79 Å². The van der Waals surface area contributed by atoms with Crippen LogP contribution < -0.4 is 4.74 Å². The number of halogens is 1. The molecule has 0 saturated heterocycles. The lowest BCUT2D eigenvalue weighted by Crippen LogP contribution is -2.17. The molecule has 8 heteroatoms. The number of fused-ring (bicyclic) bond motifs is 2. The van der Waals surface area contributed by atoms with Crippen molar-refractivity contribution >= 4 is 40.4 Å². The summed E-state index contributed by atoms with van der Waals surface area (Å²) in [5.41, 5.74) is 3.38. The highest BCUT2D eigenvalue weighted by Crippen LogP contribution is 2.32. The molecule has 0 atom stereocenters. The van der Waals surface area contributed by atoms with Gasteiger partial charge >= 0.3 is 5.97 Å². The van der Waals surface area contributed by atoms with Crippen molar-refractivity contribution in [3.63, 3.8) is 0 Å². The molecule has 2 aromatic carbocycles. The van der Waals surface area contributed by atoms with E-state index in [0.29, 0.717) is 17.4 Å². The van der Waals surface area contributed by atoms with Gasteiger partial charge in [0.1, 0.15) is 24.7 Å². The molecule has 0 spiro atoms. The van der Waals surface area contributed by atoms with Crippen LogP contribution in [0.3, 0.4) is 0 Å². The molecule has 1 aliphatic rings. The molecule has 28 heavy (non-hydrogen) atoms. The molecule has 1 aliphatic heterocycles. The molecule has 1 aromatic heterocycles. The van der Waals surface area contributed by atoms with Gasteiger partial charge in [-0.2, -0.15) is 11.8 Å². The fraction of sp³-hybridized carbons (Fsp3) is 0.300. The zero-order valence-corrected chi connectivity index (χ0v) is 16.9. The largest absolute Gasteiger partial charge is 0.467 e. The van der Waals surface area contributed by atoms with E-state index in [1.54, 1.807) is 23.9 Å². The molecule has 0 unspecified atom stereocenters. The monoisotopic (exact) mass is 418 g/mol. The van der Waals surface area contributed by atoms with Crippen LogP contribution >= 0.6 is 23.4 Å². The third-order valence-electron chi connectivity index (χ3n) is 4.43. The number of carbonyl (C=O) groups excluding carboxylic acids is 1. The molecule has 146 valence electrons. The van der Waals surface area contributed by atoms with Crippen LogP contribution in [0.15, 0.2) is 36.4 Å². The maximum Gasteiger partial charge on any atom is 0.326 e. The molecule has 6 nitrogen and oxygen atoms in total. The molecule has 0 radical (unpaired) electrons. The fourth-order valence-electron chi connectivity index (χ4n) is 3.24. The zero-order valence-electron chi connectivity index (χ0n) is 15.3. The van der Waals surface area contributed by atoms with E-state index in [-0.39, 0.29) is 25.9 Å². The van der Waals surface area contributed by atoms with Crippen molar-refractivity contribution in [2.75, 3.05) is 13.0 Å². The van der Waals surface area contributed by atoms with Gasteiger partial charge in [-0.1, -0.05) is 23.7 Å². The molecule has 3 aromatic rings. The van der Waals surface area contributed by atoms with E-state index in [1.807, 2.05) is 35.1 Å². The molecule has 0 fully saturated rings. The van der Waals surface area contributed by atoms with Crippen LogP contribution in [0.1, 0.15) is 17.0 Å². The topological polar surface area (TPSA) is 62.6 Å². The number of esters is 1. The van der Waals surface area contributed by atoms with Crippen LogP contribution in [0, 0.1) is 0 Å². The van der Waals surface area contributed by atoms with Gasteiger partial charge in [0.05, 0.1) is 23.4 Å². The molecular weight excluding hydrogens is 400 g/mol. The summed E-state index contributed by atoms with van der Waals surface area (Å²) in [7, 11) is 0. The number of rotatable bonds is 6. The maximum atomic E-state index is 12.6. The predicted octanol–water partition coefficient (Wildman–Crippen LogP) is 4.16. The van der Waals surface area contributed by atoms with Crippen molar-refractivity contribution in [2.45, 2.75) is 25.5 Å². The molecule has 0 aliphatic carbocycles. The summed E-state index contributed by atoms with van der Waals surface area (Å²) in [6, 6.07) is 11.3. The van der Waals surface area contributed by atoms with Crippen LogP contribution in [0.5, 0.6) is 5.75 Å². The van der Waals surface area contributed by atoms with Crippen molar-refractivity contribution in [1.29, 1.82) is 0 Å². The fourth-order valence-corrected chi connectivity index (χ4v) is 3.98. The number of nitrogens with zero attached hydrogens (tertiary/aromatic N) is 2. The highest BCUT2D eigenvalue weighted by atomic mass is 35.5. The third kappa shape index (κ3) is 3.97. The third-order valence-corrected chi connectivity index (χ3v) is 5.20. The molecular formula is C20H19ClN2O4S. The number of aromatic nitrogens is 2. The number of para-hydroxylation sites is 2. The van der Waals surface area contributed by atoms with Gasteiger partial charge in [0.2, 0.25) is 0 Å². The van der Waals surface area contributed by atoms with Crippen LogP contribution in [-0.4, -0.2) is 28.6 Å². The van der Waals surface area contributed by atoms with Gasteiger partial charge in [-0.05, 0) is 30.5 Å². The first-order valence-corrected chi connectivity index (χ1v) is 10.5. The smallest absolute Gasteiger partial charge is 0.326 e. The Bertz CT molecular complexity index is 1020. The minimum absolute atomic E-state index is 0.0895. The molecule has 0 amide bonds. The Morgan fingerprint density at radius 1 is 1.36 bits per heavy atom. The number of carbonyl (C=O) groups is 1. The predicted molar refractivity (Wildman–Crippen MR) is 108 cm³/mol. The van der Waals surface area contributed by atoms with Crippen molar-refractivity contribution in [1.82, 2.24) is 9.55 Å². The Balaban J connectivity index is 1.51. The van der Waals surface area contributed by atoms with Crippen molar-refractivity contribution in [2.24, 2.45) is 0 Å². The van der Waals surface area contributed by atoms with Crippen molar-refractivity contribution in [3.8, 4) is 5.75 Å². The van der Waals surface area contributed by atoms with Gasteiger partial charge in [-0.25, -0.2) is 4.98 Å². The van der Waals surface area contributed by atoms with E-state index in [0.717, 1.165) is 33.7 Å². The lowest BCUT2D eigenvalue weighted by atomic mass is 10.1. The minimum atomic E-state index is -0.341. The molecule has 2 heterocycles. The summed E-state index contributed by atoms with van der Waals surface area (Å²) in [5, 5.41) is 0.557. The summed E-state index contributed by atoms with van der Waals surface area (Å²) in [6.07, 6.45) is 2.01. The molecule has 0 saturated carbocycles. The second kappa shape index (κ2) is 8.43. The van der Waals surface area contributed by atoms with Crippen LogP contribution in [0.2, 0.25) is 5.02 Å². The van der Waals surface area contributed by atoms with Crippen LogP contribution in [0.25, 0.3) is 11.0 Å². The Labute approximate surface area is 171 Å². The first-order chi connectivity index (χ1) is 13.7. The van der Waals surface area contributed by atoms with E-state index in [4.69, 9.17) is 25.8 Å².